The summed E-state index contributed by atoms with van der Waals surface area (Å²) in [5, 5.41) is 0. The highest BCUT2D eigenvalue weighted by molar-refractivity contribution is 5.62. The predicted molar refractivity (Wildman–Crippen MR) is 63.5 cm³/mol. The summed E-state index contributed by atoms with van der Waals surface area (Å²) in [6.07, 6.45) is 2.57. The molecule has 0 unspecified atom stereocenters. The van der Waals surface area contributed by atoms with E-state index in [9.17, 15) is 0 Å². The Hall–Kier alpha value is -1.38. The molecule has 1 aromatic carbocycles. The summed E-state index contributed by atoms with van der Waals surface area (Å²) in [7, 11) is 0. The lowest BCUT2D eigenvalue weighted by atomic mass is 10.2. The molecule has 0 bridgehead atoms. The highest BCUT2D eigenvalue weighted by atomic mass is 16.5. The molecule has 1 aliphatic rings. The third-order valence-electron chi connectivity index (χ3n) is 2.77. The van der Waals surface area contributed by atoms with Crippen molar-refractivity contribution in [2.24, 2.45) is 0 Å². The molecule has 0 amide bonds. The van der Waals surface area contributed by atoms with Gasteiger partial charge >= 0.3 is 0 Å². The standard InChI is InChI=1S/C12H18N2O/c1-2-15-12-9-10(5-6-11(12)13)14-7-3-4-8-14/h5-6,9H,2-4,7-8,13H2,1H3. The van der Waals surface area contributed by atoms with Crippen molar-refractivity contribution in [2.75, 3.05) is 30.3 Å². The van der Waals surface area contributed by atoms with Gasteiger partial charge in [-0.2, -0.15) is 0 Å². The van der Waals surface area contributed by atoms with Crippen LogP contribution >= 0.6 is 0 Å². The lowest BCUT2D eigenvalue weighted by Gasteiger charge is -2.19. The van der Waals surface area contributed by atoms with Crippen molar-refractivity contribution < 1.29 is 4.74 Å². The van der Waals surface area contributed by atoms with Crippen molar-refractivity contribution in [3.63, 3.8) is 0 Å². The van der Waals surface area contributed by atoms with E-state index in [0.29, 0.717) is 6.61 Å². The SMILES string of the molecule is CCOc1cc(N2CCCC2)ccc1N. The summed E-state index contributed by atoms with van der Waals surface area (Å²) in [6, 6.07) is 6.05. The zero-order valence-electron chi connectivity index (χ0n) is 9.20. The molecule has 1 aromatic rings. The van der Waals surface area contributed by atoms with Crippen molar-refractivity contribution in [1.29, 1.82) is 0 Å². The maximum absolute atomic E-state index is 5.83. The molecule has 0 saturated carbocycles. The summed E-state index contributed by atoms with van der Waals surface area (Å²) >= 11 is 0. The third-order valence-corrected chi connectivity index (χ3v) is 2.77. The quantitative estimate of drug-likeness (QED) is 0.771. The Morgan fingerprint density at radius 2 is 2.07 bits per heavy atom. The zero-order valence-corrected chi connectivity index (χ0v) is 9.20. The number of anilines is 2. The fourth-order valence-corrected chi connectivity index (χ4v) is 1.98. The van der Waals surface area contributed by atoms with Gasteiger partial charge in [-0.1, -0.05) is 0 Å². The highest BCUT2D eigenvalue weighted by Gasteiger charge is 2.13. The van der Waals surface area contributed by atoms with Crippen LogP contribution in [-0.2, 0) is 0 Å². The molecule has 0 atom stereocenters. The summed E-state index contributed by atoms with van der Waals surface area (Å²) < 4.78 is 5.49. The highest BCUT2D eigenvalue weighted by Crippen LogP contribution is 2.29. The van der Waals surface area contributed by atoms with Crippen molar-refractivity contribution in [1.82, 2.24) is 0 Å². The molecule has 0 aromatic heterocycles. The van der Waals surface area contributed by atoms with Gasteiger partial charge in [-0.3, -0.25) is 0 Å². The van der Waals surface area contributed by atoms with E-state index in [1.165, 1.54) is 18.5 Å². The second-order valence-corrected chi connectivity index (χ2v) is 3.85. The molecule has 82 valence electrons. The Labute approximate surface area is 90.8 Å². The minimum atomic E-state index is 0.660. The van der Waals surface area contributed by atoms with Crippen LogP contribution in [0, 0.1) is 0 Å². The maximum atomic E-state index is 5.83. The van der Waals surface area contributed by atoms with Gasteiger partial charge in [0.15, 0.2) is 0 Å². The van der Waals surface area contributed by atoms with E-state index in [1.54, 1.807) is 0 Å². The van der Waals surface area contributed by atoms with Gasteiger partial charge in [0.1, 0.15) is 5.75 Å². The van der Waals surface area contributed by atoms with Gasteiger partial charge in [0, 0.05) is 24.8 Å². The molecule has 1 saturated heterocycles. The molecule has 3 nitrogen and oxygen atoms in total. The normalized spacial score (nSPS) is 15.7. The van der Waals surface area contributed by atoms with E-state index in [1.807, 2.05) is 19.1 Å². The summed E-state index contributed by atoms with van der Waals surface area (Å²) in [5.74, 6) is 0.807. The van der Waals surface area contributed by atoms with Crippen LogP contribution in [0.25, 0.3) is 0 Å². The number of ether oxygens (including phenoxy) is 1. The van der Waals surface area contributed by atoms with Gasteiger partial charge in [-0.15, -0.1) is 0 Å². The van der Waals surface area contributed by atoms with E-state index >= 15 is 0 Å². The van der Waals surface area contributed by atoms with E-state index in [4.69, 9.17) is 10.5 Å². The Kier molecular flexibility index (Phi) is 2.99. The van der Waals surface area contributed by atoms with Gasteiger partial charge in [0.25, 0.3) is 0 Å². The van der Waals surface area contributed by atoms with Crippen LogP contribution in [-0.4, -0.2) is 19.7 Å². The fraction of sp³-hybridized carbons (Fsp3) is 0.500. The molecule has 2 N–H and O–H groups in total. The number of hydrogen-bond acceptors (Lipinski definition) is 3. The zero-order chi connectivity index (χ0) is 10.7. The summed E-state index contributed by atoms with van der Waals surface area (Å²) in [6.45, 7) is 4.93. The molecular weight excluding hydrogens is 188 g/mol. The molecule has 0 radical (unpaired) electrons. The van der Waals surface area contributed by atoms with Crippen LogP contribution in [0.4, 0.5) is 11.4 Å². The topological polar surface area (TPSA) is 38.5 Å². The number of benzene rings is 1. The van der Waals surface area contributed by atoms with Crippen LogP contribution in [0.2, 0.25) is 0 Å². The molecule has 0 spiro atoms. The number of rotatable bonds is 3. The number of hydrogen-bond donors (Lipinski definition) is 1. The molecule has 3 heteroatoms. The van der Waals surface area contributed by atoms with Crippen molar-refractivity contribution in [3.8, 4) is 5.75 Å². The number of nitrogen functional groups attached to an aromatic ring is 1. The second kappa shape index (κ2) is 4.43. The van der Waals surface area contributed by atoms with E-state index in [2.05, 4.69) is 11.0 Å². The molecule has 1 aliphatic heterocycles. The van der Waals surface area contributed by atoms with Gasteiger partial charge < -0.3 is 15.4 Å². The first kappa shape index (κ1) is 10.1. The van der Waals surface area contributed by atoms with Crippen LogP contribution in [0.5, 0.6) is 5.75 Å². The molecule has 2 rings (SSSR count). The summed E-state index contributed by atoms with van der Waals surface area (Å²) in [5.41, 5.74) is 7.78. The molecule has 1 fully saturated rings. The third kappa shape index (κ3) is 2.17. The van der Waals surface area contributed by atoms with E-state index in [-0.39, 0.29) is 0 Å². The minimum absolute atomic E-state index is 0.660. The summed E-state index contributed by atoms with van der Waals surface area (Å²) in [4.78, 5) is 2.38. The largest absolute Gasteiger partial charge is 0.492 e. The minimum Gasteiger partial charge on any atom is -0.492 e. The monoisotopic (exact) mass is 206 g/mol. The first-order valence-corrected chi connectivity index (χ1v) is 5.58. The van der Waals surface area contributed by atoms with Crippen LogP contribution in [0.3, 0.4) is 0 Å². The maximum Gasteiger partial charge on any atom is 0.144 e. The number of nitrogens with two attached hydrogens (primary N) is 1. The predicted octanol–water partition coefficient (Wildman–Crippen LogP) is 2.27. The molecular formula is C12H18N2O. The Morgan fingerprint density at radius 3 is 2.73 bits per heavy atom. The van der Waals surface area contributed by atoms with Crippen molar-refractivity contribution in [2.45, 2.75) is 19.8 Å². The van der Waals surface area contributed by atoms with Gasteiger partial charge in [-0.25, -0.2) is 0 Å². The molecule has 1 heterocycles. The smallest absolute Gasteiger partial charge is 0.144 e. The first-order valence-electron chi connectivity index (χ1n) is 5.58. The Balaban J connectivity index is 2.21. The fourth-order valence-electron chi connectivity index (χ4n) is 1.98. The molecule has 0 aliphatic carbocycles. The molecule has 15 heavy (non-hydrogen) atoms. The first-order chi connectivity index (χ1) is 7.31. The van der Waals surface area contributed by atoms with Crippen molar-refractivity contribution in [3.05, 3.63) is 18.2 Å². The van der Waals surface area contributed by atoms with Gasteiger partial charge in [0.05, 0.1) is 12.3 Å². The van der Waals surface area contributed by atoms with E-state index < -0.39 is 0 Å². The van der Waals surface area contributed by atoms with Crippen LogP contribution in [0.1, 0.15) is 19.8 Å². The lowest BCUT2D eigenvalue weighted by Crippen LogP contribution is -2.17. The Bertz CT molecular complexity index is 332. The second-order valence-electron chi connectivity index (χ2n) is 3.85. The average Bonchev–Trinajstić information content (AvgIpc) is 2.75. The van der Waals surface area contributed by atoms with Crippen molar-refractivity contribution >= 4 is 11.4 Å². The van der Waals surface area contributed by atoms with Gasteiger partial charge in [-0.05, 0) is 31.9 Å². The van der Waals surface area contributed by atoms with Crippen LogP contribution in [0.15, 0.2) is 18.2 Å². The van der Waals surface area contributed by atoms with Gasteiger partial charge in [0.2, 0.25) is 0 Å². The average molecular weight is 206 g/mol. The number of nitrogens with zero attached hydrogens (tertiary/aromatic N) is 1. The van der Waals surface area contributed by atoms with E-state index in [0.717, 1.165) is 24.5 Å². The Morgan fingerprint density at radius 1 is 1.33 bits per heavy atom. The van der Waals surface area contributed by atoms with Crippen LogP contribution < -0.4 is 15.4 Å². The lowest BCUT2D eigenvalue weighted by molar-refractivity contribution is 0.342.